The van der Waals surface area contributed by atoms with Crippen LogP contribution in [0.1, 0.15) is 0 Å². The van der Waals surface area contributed by atoms with E-state index in [0.717, 1.165) is 16.7 Å². The van der Waals surface area contributed by atoms with E-state index >= 15 is 0 Å². The molecule has 0 unspecified atom stereocenters. The summed E-state index contributed by atoms with van der Waals surface area (Å²) in [5.41, 5.74) is 3.25. The van der Waals surface area contributed by atoms with Crippen LogP contribution in [0.4, 0.5) is 4.39 Å². The van der Waals surface area contributed by atoms with E-state index in [1.165, 1.54) is 22.9 Å². The number of rotatable bonds is 1. The Morgan fingerprint density at radius 3 is 1.65 bits per heavy atom. The summed E-state index contributed by atoms with van der Waals surface area (Å²) in [6.07, 6.45) is 0. The third-order valence-corrected chi connectivity index (χ3v) is 3.66. The molecule has 4 rings (SSSR count). The fraction of sp³-hybridized carbons (Fsp3) is 0. The summed E-state index contributed by atoms with van der Waals surface area (Å²) in [5.74, 6) is -0.213. The number of hydrogen-bond acceptors (Lipinski definition) is 0. The van der Waals surface area contributed by atoms with Crippen LogP contribution in [0.15, 0.2) is 72.8 Å². The second kappa shape index (κ2) is 4.20. The van der Waals surface area contributed by atoms with Crippen LogP contribution in [0.25, 0.3) is 27.5 Å². The van der Waals surface area contributed by atoms with Gasteiger partial charge in [0.15, 0.2) is 0 Å². The Morgan fingerprint density at radius 1 is 0.600 bits per heavy atom. The maximum Gasteiger partial charge on any atom is 0.123 e. The fourth-order valence-corrected chi connectivity index (χ4v) is 2.79. The van der Waals surface area contributed by atoms with Gasteiger partial charge >= 0.3 is 0 Å². The van der Waals surface area contributed by atoms with Gasteiger partial charge in [0.05, 0.1) is 11.0 Å². The van der Waals surface area contributed by atoms with Crippen LogP contribution in [-0.2, 0) is 0 Å². The Morgan fingerprint density at radius 2 is 1.10 bits per heavy atom. The first kappa shape index (κ1) is 11.2. The molecule has 0 saturated carbocycles. The summed E-state index contributed by atoms with van der Waals surface area (Å²) < 4.78 is 15.3. The number of fused-ring (bicyclic) bond motifs is 3. The minimum atomic E-state index is -0.213. The lowest BCUT2D eigenvalue weighted by molar-refractivity contribution is 0.627. The quantitative estimate of drug-likeness (QED) is 0.458. The zero-order valence-electron chi connectivity index (χ0n) is 10.8. The van der Waals surface area contributed by atoms with Crippen molar-refractivity contribution in [2.45, 2.75) is 0 Å². The SMILES string of the molecule is Fc1ccc(-n2c3ccccc3c3ccccc32)cc1. The van der Waals surface area contributed by atoms with E-state index in [2.05, 4.69) is 28.8 Å². The molecule has 0 aliphatic heterocycles. The maximum atomic E-state index is 13.1. The standard InChI is InChI=1S/C18H12FN/c19-13-9-11-14(12-10-13)20-17-7-3-1-5-15(17)16-6-2-4-8-18(16)20/h1-12H. The van der Waals surface area contributed by atoms with Gasteiger partial charge in [-0.2, -0.15) is 0 Å². The lowest BCUT2D eigenvalue weighted by Crippen LogP contribution is -1.93. The number of hydrogen-bond donors (Lipinski definition) is 0. The Kier molecular flexibility index (Phi) is 2.36. The number of aromatic nitrogens is 1. The van der Waals surface area contributed by atoms with Crippen LogP contribution in [0.3, 0.4) is 0 Å². The molecule has 0 bridgehead atoms. The summed E-state index contributed by atoms with van der Waals surface area (Å²) in [6.45, 7) is 0. The minimum absolute atomic E-state index is 0.213. The van der Waals surface area contributed by atoms with Crippen molar-refractivity contribution in [2.24, 2.45) is 0 Å². The molecular weight excluding hydrogens is 249 g/mol. The normalized spacial score (nSPS) is 11.2. The highest BCUT2D eigenvalue weighted by molar-refractivity contribution is 6.09. The smallest absolute Gasteiger partial charge is 0.123 e. The Bertz CT molecular complexity index is 850. The van der Waals surface area contributed by atoms with E-state index in [0.29, 0.717) is 0 Å². The Balaban J connectivity index is 2.17. The second-order valence-corrected chi connectivity index (χ2v) is 4.85. The zero-order chi connectivity index (χ0) is 13.5. The van der Waals surface area contributed by atoms with Crippen LogP contribution < -0.4 is 0 Å². The molecule has 0 N–H and O–H groups in total. The van der Waals surface area contributed by atoms with Crippen molar-refractivity contribution in [1.29, 1.82) is 0 Å². The van der Waals surface area contributed by atoms with Crippen molar-refractivity contribution in [1.82, 2.24) is 4.57 Å². The molecule has 4 aromatic rings. The average molecular weight is 261 g/mol. The van der Waals surface area contributed by atoms with Crippen LogP contribution in [0.2, 0.25) is 0 Å². The monoisotopic (exact) mass is 261 g/mol. The molecule has 1 heterocycles. The molecule has 0 spiro atoms. The molecule has 0 aliphatic rings. The van der Waals surface area contributed by atoms with E-state index in [9.17, 15) is 4.39 Å². The minimum Gasteiger partial charge on any atom is -0.309 e. The van der Waals surface area contributed by atoms with Crippen LogP contribution in [0, 0.1) is 5.82 Å². The summed E-state index contributed by atoms with van der Waals surface area (Å²) in [4.78, 5) is 0. The van der Waals surface area contributed by atoms with Gasteiger partial charge in [0, 0.05) is 16.5 Å². The third-order valence-electron chi connectivity index (χ3n) is 3.66. The van der Waals surface area contributed by atoms with Gasteiger partial charge in [0.1, 0.15) is 5.82 Å². The molecule has 1 nitrogen and oxygen atoms in total. The molecule has 0 fully saturated rings. The summed E-state index contributed by atoms with van der Waals surface area (Å²) in [5, 5.41) is 2.43. The largest absolute Gasteiger partial charge is 0.309 e. The van der Waals surface area contributed by atoms with Gasteiger partial charge in [0.25, 0.3) is 0 Å². The number of halogens is 1. The highest BCUT2D eigenvalue weighted by atomic mass is 19.1. The molecular formula is C18H12FN. The molecule has 0 saturated heterocycles. The van der Waals surface area contributed by atoms with E-state index in [4.69, 9.17) is 0 Å². The molecule has 1 aromatic heterocycles. The molecule has 20 heavy (non-hydrogen) atoms. The highest BCUT2D eigenvalue weighted by Gasteiger charge is 2.10. The average Bonchev–Trinajstić information content (AvgIpc) is 2.83. The number of benzene rings is 3. The van der Waals surface area contributed by atoms with Crippen molar-refractivity contribution in [3.8, 4) is 5.69 Å². The summed E-state index contributed by atoms with van der Waals surface area (Å²) in [7, 11) is 0. The predicted octanol–water partition coefficient (Wildman–Crippen LogP) is 4.92. The molecule has 0 aliphatic carbocycles. The molecule has 2 heteroatoms. The maximum absolute atomic E-state index is 13.1. The first-order valence-corrected chi connectivity index (χ1v) is 6.59. The van der Waals surface area contributed by atoms with Gasteiger partial charge in [-0.15, -0.1) is 0 Å². The first-order chi connectivity index (χ1) is 9.84. The highest BCUT2D eigenvalue weighted by Crippen LogP contribution is 2.31. The molecule has 0 amide bonds. The molecule has 0 radical (unpaired) electrons. The van der Waals surface area contributed by atoms with E-state index in [1.807, 2.05) is 36.4 Å². The lowest BCUT2D eigenvalue weighted by atomic mass is 10.2. The molecule has 3 aromatic carbocycles. The second-order valence-electron chi connectivity index (χ2n) is 4.85. The van der Waals surface area contributed by atoms with E-state index in [-0.39, 0.29) is 5.82 Å². The summed E-state index contributed by atoms with van der Waals surface area (Å²) >= 11 is 0. The van der Waals surface area contributed by atoms with Gasteiger partial charge in [0.2, 0.25) is 0 Å². The van der Waals surface area contributed by atoms with Gasteiger partial charge in [-0.1, -0.05) is 36.4 Å². The van der Waals surface area contributed by atoms with Crippen molar-refractivity contribution in [3.05, 3.63) is 78.6 Å². The fourth-order valence-electron chi connectivity index (χ4n) is 2.79. The lowest BCUT2D eigenvalue weighted by Gasteiger charge is -2.07. The molecule has 96 valence electrons. The van der Waals surface area contributed by atoms with Crippen molar-refractivity contribution < 1.29 is 4.39 Å². The number of para-hydroxylation sites is 2. The van der Waals surface area contributed by atoms with Crippen LogP contribution >= 0.6 is 0 Å². The van der Waals surface area contributed by atoms with Crippen molar-refractivity contribution >= 4 is 21.8 Å². The van der Waals surface area contributed by atoms with Crippen molar-refractivity contribution in [3.63, 3.8) is 0 Å². The van der Waals surface area contributed by atoms with Crippen molar-refractivity contribution in [2.75, 3.05) is 0 Å². The summed E-state index contributed by atoms with van der Waals surface area (Å²) in [6, 6.07) is 23.2. The zero-order valence-corrected chi connectivity index (χ0v) is 10.8. The van der Waals surface area contributed by atoms with Gasteiger partial charge < -0.3 is 4.57 Å². The third kappa shape index (κ3) is 1.55. The Labute approximate surface area is 115 Å². The van der Waals surface area contributed by atoms with Gasteiger partial charge in [-0.05, 0) is 36.4 Å². The van der Waals surface area contributed by atoms with E-state index < -0.39 is 0 Å². The van der Waals surface area contributed by atoms with Crippen LogP contribution in [-0.4, -0.2) is 4.57 Å². The van der Waals surface area contributed by atoms with Gasteiger partial charge in [-0.25, -0.2) is 4.39 Å². The first-order valence-electron chi connectivity index (χ1n) is 6.59. The number of nitrogens with zero attached hydrogens (tertiary/aromatic N) is 1. The van der Waals surface area contributed by atoms with E-state index in [1.54, 1.807) is 0 Å². The van der Waals surface area contributed by atoms with Gasteiger partial charge in [-0.3, -0.25) is 0 Å². The van der Waals surface area contributed by atoms with Crippen LogP contribution in [0.5, 0.6) is 0 Å². The Hall–Kier alpha value is -2.61. The topological polar surface area (TPSA) is 4.93 Å². The predicted molar refractivity (Wildman–Crippen MR) is 80.7 cm³/mol. The molecule has 0 atom stereocenters.